The fourth-order valence-electron chi connectivity index (χ4n) is 5.75. The molecule has 0 spiro atoms. The summed E-state index contributed by atoms with van der Waals surface area (Å²) in [5, 5.41) is 17.3. The number of pyridine rings is 1. The number of anilines is 3. The third kappa shape index (κ3) is 7.73. The van der Waals surface area contributed by atoms with Gasteiger partial charge in [0.2, 0.25) is 0 Å². The van der Waals surface area contributed by atoms with Crippen molar-refractivity contribution in [2.24, 2.45) is 0 Å². The van der Waals surface area contributed by atoms with E-state index in [1.165, 1.54) is 4.68 Å². The number of hydrogen-bond donors (Lipinski definition) is 4. The second kappa shape index (κ2) is 14.9. The Kier molecular flexibility index (Phi) is 10.5. The third-order valence-corrected chi connectivity index (χ3v) is 8.14. The number of hydrogen-bond acceptors (Lipinski definition) is 9. The zero-order chi connectivity index (χ0) is 31.8. The molecule has 1 aliphatic carbocycles. The largest absolute Gasteiger partial charge is 0.450 e. The fraction of sp³-hybridized carbons (Fsp3) is 0.485. The van der Waals surface area contributed by atoms with E-state index in [1.54, 1.807) is 12.4 Å². The average molecular weight is 618 g/mol. The van der Waals surface area contributed by atoms with Gasteiger partial charge < -0.3 is 30.7 Å². The van der Waals surface area contributed by atoms with Crippen LogP contribution in [0.15, 0.2) is 36.7 Å². The Balaban J connectivity index is 1.52. The Labute approximate surface area is 263 Å². The van der Waals surface area contributed by atoms with E-state index in [0.29, 0.717) is 41.5 Å². The highest BCUT2D eigenvalue weighted by atomic mass is 16.6. The van der Waals surface area contributed by atoms with Gasteiger partial charge >= 0.3 is 12.2 Å². The molecule has 1 saturated carbocycles. The zero-order valence-corrected chi connectivity index (χ0v) is 26.3. The van der Waals surface area contributed by atoms with Crippen LogP contribution < -0.4 is 21.3 Å². The van der Waals surface area contributed by atoms with E-state index in [2.05, 4.69) is 26.4 Å². The summed E-state index contributed by atoms with van der Waals surface area (Å²) in [6.07, 6.45) is 9.17. The smallest absolute Gasteiger partial charge is 0.434 e. The molecule has 0 unspecified atom stereocenters. The summed E-state index contributed by atoms with van der Waals surface area (Å²) in [6, 6.07) is 7.53. The lowest BCUT2D eigenvalue weighted by Crippen LogP contribution is -2.49. The minimum absolute atomic E-state index is 0.146. The number of alkyl carbamates (subject to hydrolysis) is 1. The highest BCUT2D eigenvalue weighted by Crippen LogP contribution is 2.40. The molecule has 240 valence electrons. The van der Waals surface area contributed by atoms with Crippen molar-refractivity contribution < 1.29 is 23.9 Å². The average Bonchev–Trinajstić information content (AvgIpc) is 3.66. The molecule has 2 aromatic heterocycles. The Morgan fingerprint density at radius 1 is 1.02 bits per heavy atom. The predicted molar refractivity (Wildman–Crippen MR) is 172 cm³/mol. The maximum Gasteiger partial charge on any atom is 0.434 e. The zero-order valence-electron chi connectivity index (χ0n) is 26.3. The lowest BCUT2D eigenvalue weighted by atomic mass is 9.89. The van der Waals surface area contributed by atoms with Crippen molar-refractivity contribution in [2.45, 2.75) is 90.8 Å². The molecule has 45 heavy (non-hydrogen) atoms. The Bertz CT molecular complexity index is 1520. The number of nitrogens with zero attached hydrogens (tertiary/aromatic N) is 3. The van der Waals surface area contributed by atoms with Gasteiger partial charge in [0.15, 0.2) is 0 Å². The van der Waals surface area contributed by atoms with Crippen LogP contribution in [-0.2, 0) is 16.0 Å². The molecule has 2 aliphatic rings. The highest BCUT2D eigenvalue weighted by molar-refractivity contribution is 6.06. The van der Waals surface area contributed by atoms with Gasteiger partial charge in [0, 0.05) is 35.6 Å². The Morgan fingerprint density at radius 2 is 1.78 bits per heavy atom. The monoisotopic (exact) mass is 617 g/mol. The molecule has 2 amide bonds. The predicted octanol–water partition coefficient (Wildman–Crippen LogP) is 6.27. The minimum Gasteiger partial charge on any atom is -0.450 e. The minimum atomic E-state index is -0.570. The number of aryl methyl sites for hydroxylation is 1. The van der Waals surface area contributed by atoms with E-state index in [0.717, 1.165) is 68.2 Å². The molecule has 0 bridgehead atoms. The topological polar surface area (TPSA) is 148 Å². The van der Waals surface area contributed by atoms with Gasteiger partial charge in [0.1, 0.15) is 11.6 Å². The fourth-order valence-corrected chi connectivity index (χ4v) is 5.75. The van der Waals surface area contributed by atoms with Crippen LogP contribution in [0.2, 0.25) is 0 Å². The molecule has 4 N–H and O–H groups in total. The second-order valence-corrected chi connectivity index (χ2v) is 11.6. The highest BCUT2D eigenvalue weighted by Gasteiger charge is 2.33. The summed E-state index contributed by atoms with van der Waals surface area (Å²) >= 11 is 0. The number of ether oxygens (including phenoxy) is 2. The number of fused-ring (bicyclic) bond motifs is 1. The molecule has 2 atom stereocenters. The van der Waals surface area contributed by atoms with Crippen LogP contribution in [0, 0.1) is 6.92 Å². The van der Waals surface area contributed by atoms with Crippen LogP contribution in [0.1, 0.15) is 86.7 Å². The first kappa shape index (κ1) is 31.8. The summed E-state index contributed by atoms with van der Waals surface area (Å²) < 4.78 is 11.9. The number of aromatic nitrogens is 3. The van der Waals surface area contributed by atoms with Gasteiger partial charge in [0.25, 0.3) is 5.91 Å². The second-order valence-electron chi connectivity index (χ2n) is 11.6. The number of benzene rings is 1. The maximum atomic E-state index is 13.2. The summed E-state index contributed by atoms with van der Waals surface area (Å²) in [6.45, 7) is 7.04. The van der Waals surface area contributed by atoms with Crippen molar-refractivity contribution >= 4 is 35.4 Å². The third-order valence-electron chi connectivity index (χ3n) is 8.14. The van der Waals surface area contributed by atoms with Crippen LogP contribution in [0.5, 0.6) is 0 Å². The molecular weight excluding hydrogens is 574 g/mol. The number of amides is 2. The van der Waals surface area contributed by atoms with Gasteiger partial charge in [-0.3, -0.25) is 4.79 Å². The van der Waals surface area contributed by atoms with Gasteiger partial charge in [-0.05, 0) is 55.9 Å². The molecule has 0 saturated heterocycles. The van der Waals surface area contributed by atoms with Gasteiger partial charge in [-0.15, -0.1) is 0 Å². The molecule has 0 radical (unpaired) electrons. The lowest BCUT2D eigenvalue weighted by molar-refractivity contribution is 0.0966. The van der Waals surface area contributed by atoms with Crippen LogP contribution in [0.25, 0.3) is 11.1 Å². The summed E-state index contributed by atoms with van der Waals surface area (Å²) in [7, 11) is 0. The number of carbonyl (C=O) groups is 3. The van der Waals surface area contributed by atoms with Gasteiger partial charge in [-0.2, -0.15) is 9.78 Å². The first-order valence-electron chi connectivity index (χ1n) is 16.0. The Hall–Kier alpha value is -4.61. The number of rotatable bonds is 12. The maximum absolute atomic E-state index is 13.2. The van der Waals surface area contributed by atoms with Crippen molar-refractivity contribution in [3.63, 3.8) is 0 Å². The van der Waals surface area contributed by atoms with Crippen LogP contribution in [-0.4, -0.2) is 58.2 Å². The molecule has 1 aromatic carbocycles. The van der Waals surface area contributed by atoms with Gasteiger partial charge in [0.05, 0.1) is 31.0 Å². The van der Waals surface area contributed by atoms with Crippen molar-refractivity contribution in [3.05, 3.63) is 53.3 Å². The molecular formula is C33H43N7O5. The van der Waals surface area contributed by atoms with Gasteiger partial charge in [-0.1, -0.05) is 51.7 Å². The molecule has 1 aliphatic heterocycles. The molecule has 5 rings (SSSR count). The Morgan fingerprint density at radius 3 is 2.53 bits per heavy atom. The van der Waals surface area contributed by atoms with E-state index in [1.807, 2.05) is 45.0 Å². The van der Waals surface area contributed by atoms with Crippen molar-refractivity contribution in [1.82, 2.24) is 25.4 Å². The van der Waals surface area contributed by atoms with Crippen LogP contribution in [0.3, 0.4) is 0 Å². The summed E-state index contributed by atoms with van der Waals surface area (Å²) in [5.41, 5.74) is 4.33. The standard InChI is InChI=1S/C33H43N7O5/c1-4-6-15-44-32(42)38-26-14-9-8-13-25(26)37-29-27(22-18-35-40(20-22)33(43)45-16-7-5-2)24-19-34-31(41)28(24)30(39-29)36-23-12-10-11-21(3)17-23/h10-12,17-18,20,25-26H,4-9,13-16,19H2,1-3H3,(H,34,41)(H,38,42)(H2,36,37,39)/t25-,26+/m1/s1. The van der Waals surface area contributed by atoms with E-state index < -0.39 is 12.2 Å². The molecule has 12 nitrogen and oxygen atoms in total. The molecule has 12 heteroatoms. The SMILES string of the molecule is CCCCOC(=O)N[C@H]1CCCC[C@H]1Nc1nc(Nc2cccc(C)c2)c2c(c1-c1cnn(C(=O)OCCCC)c1)CNC2=O. The quantitative estimate of drug-likeness (QED) is 0.172. The number of carbonyl (C=O) groups excluding carboxylic acids is 3. The lowest BCUT2D eigenvalue weighted by Gasteiger charge is -2.33. The van der Waals surface area contributed by atoms with E-state index in [-0.39, 0.29) is 24.5 Å². The first-order chi connectivity index (χ1) is 21.9. The number of nitrogens with one attached hydrogen (secondary N) is 4. The van der Waals surface area contributed by atoms with Crippen LogP contribution >= 0.6 is 0 Å². The normalized spacial score (nSPS) is 17.3. The molecule has 1 fully saturated rings. The number of unbranched alkanes of at least 4 members (excludes halogenated alkanes) is 2. The molecule has 3 heterocycles. The van der Waals surface area contributed by atoms with Crippen LogP contribution in [0.4, 0.5) is 26.9 Å². The summed E-state index contributed by atoms with van der Waals surface area (Å²) in [5.74, 6) is 0.707. The van der Waals surface area contributed by atoms with Crippen molar-refractivity contribution in [3.8, 4) is 11.1 Å². The summed E-state index contributed by atoms with van der Waals surface area (Å²) in [4.78, 5) is 43.5. The van der Waals surface area contributed by atoms with Crippen molar-refractivity contribution in [2.75, 3.05) is 23.8 Å². The van der Waals surface area contributed by atoms with Crippen molar-refractivity contribution in [1.29, 1.82) is 0 Å². The van der Waals surface area contributed by atoms with E-state index >= 15 is 0 Å². The van der Waals surface area contributed by atoms with E-state index in [4.69, 9.17) is 14.5 Å². The van der Waals surface area contributed by atoms with E-state index in [9.17, 15) is 14.4 Å². The molecule has 3 aromatic rings. The van der Waals surface area contributed by atoms with Gasteiger partial charge in [-0.25, -0.2) is 14.6 Å². The first-order valence-corrected chi connectivity index (χ1v) is 16.0.